The SMILES string of the molecule is COc1c([C@@H]2CCCN2CC(=O)N2CCO[C@@H](C)C2)c(C)nn1C. The van der Waals surface area contributed by atoms with Crippen molar-refractivity contribution in [2.45, 2.75) is 38.8 Å². The first kappa shape index (κ1) is 17.2. The van der Waals surface area contributed by atoms with Crippen LogP contribution in [0.25, 0.3) is 0 Å². The first-order chi connectivity index (χ1) is 11.5. The average molecular weight is 336 g/mol. The van der Waals surface area contributed by atoms with Gasteiger partial charge in [-0.15, -0.1) is 0 Å². The molecule has 0 unspecified atom stereocenters. The van der Waals surface area contributed by atoms with Crippen LogP contribution < -0.4 is 4.74 Å². The Bertz CT molecular complexity index is 601. The minimum Gasteiger partial charge on any atom is -0.481 e. The van der Waals surface area contributed by atoms with Crippen molar-refractivity contribution in [3.63, 3.8) is 0 Å². The van der Waals surface area contributed by atoms with Crippen LogP contribution in [0, 0.1) is 6.92 Å². The van der Waals surface area contributed by atoms with E-state index >= 15 is 0 Å². The first-order valence-corrected chi connectivity index (χ1v) is 8.72. The molecule has 0 aliphatic carbocycles. The fraction of sp³-hybridized carbons (Fsp3) is 0.765. The number of ether oxygens (including phenoxy) is 2. The van der Waals surface area contributed by atoms with E-state index in [-0.39, 0.29) is 18.1 Å². The van der Waals surface area contributed by atoms with Crippen molar-refractivity contribution in [3.05, 3.63) is 11.3 Å². The van der Waals surface area contributed by atoms with Crippen LogP contribution in [0.15, 0.2) is 0 Å². The largest absolute Gasteiger partial charge is 0.481 e. The number of hydrogen-bond donors (Lipinski definition) is 0. The summed E-state index contributed by atoms with van der Waals surface area (Å²) in [6.07, 6.45) is 2.25. The fourth-order valence-electron chi connectivity index (χ4n) is 3.94. The molecule has 0 spiro atoms. The normalized spacial score (nSPS) is 25.2. The van der Waals surface area contributed by atoms with E-state index < -0.39 is 0 Å². The lowest BCUT2D eigenvalue weighted by Gasteiger charge is -2.33. The van der Waals surface area contributed by atoms with Gasteiger partial charge >= 0.3 is 0 Å². The molecule has 7 nitrogen and oxygen atoms in total. The predicted molar refractivity (Wildman–Crippen MR) is 90.0 cm³/mol. The number of rotatable bonds is 4. The van der Waals surface area contributed by atoms with Crippen LogP contribution in [0.5, 0.6) is 5.88 Å². The van der Waals surface area contributed by atoms with Gasteiger partial charge in [-0.3, -0.25) is 9.69 Å². The summed E-state index contributed by atoms with van der Waals surface area (Å²) in [5, 5.41) is 4.49. The van der Waals surface area contributed by atoms with Crippen molar-refractivity contribution in [3.8, 4) is 5.88 Å². The van der Waals surface area contributed by atoms with Crippen molar-refractivity contribution in [2.75, 3.05) is 39.9 Å². The molecule has 24 heavy (non-hydrogen) atoms. The van der Waals surface area contributed by atoms with Gasteiger partial charge in [0.1, 0.15) is 0 Å². The van der Waals surface area contributed by atoms with Crippen LogP contribution in [-0.4, -0.2) is 71.5 Å². The zero-order valence-corrected chi connectivity index (χ0v) is 15.1. The third-order valence-electron chi connectivity index (χ3n) is 5.04. The molecule has 0 N–H and O–H groups in total. The lowest BCUT2D eigenvalue weighted by Crippen LogP contribution is -2.48. The number of hydrogen-bond acceptors (Lipinski definition) is 5. The number of morpholine rings is 1. The van der Waals surface area contributed by atoms with E-state index in [2.05, 4.69) is 10.00 Å². The monoisotopic (exact) mass is 336 g/mol. The number of likely N-dealkylation sites (tertiary alicyclic amines) is 1. The lowest BCUT2D eigenvalue weighted by atomic mass is 10.0. The molecule has 7 heteroatoms. The van der Waals surface area contributed by atoms with Crippen molar-refractivity contribution >= 4 is 5.91 Å². The van der Waals surface area contributed by atoms with E-state index in [0.717, 1.165) is 36.5 Å². The molecule has 3 heterocycles. The Morgan fingerprint density at radius 3 is 2.92 bits per heavy atom. The number of nitrogens with zero attached hydrogens (tertiary/aromatic N) is 4. The summed E-state index contributed by atoms with van der Waals surface area (Å²) in [6, 6.07) is 0.205. The van der Waals surface area contributed by atoms with Gasteiger partial charge in [-0.2, -0.15) is 5.10 Å². The molecule has 0 saturated carbocycles. The number of aromatic nitrogens is 2. The molecule has 134 valence electrons. The van der Waals surface area contributed by atoms with Crippen molar-refractivity contribution in [2.24, 2.45) is 7.05 Å². The molecule has 1 aromatic rings. The molecule has 2 saturated heterocycles. The number of aryl methyl sites for hydroxylation is 2. The van der Waals surface area contributed by atoms with Gasteiger partial charge in [0, 0.05) is 26.2 Å². The van der Waals surface area contributed by atoms with E-state index in [1.165, 1.54) is 0 Å². The van der Waals surface area contributed by atoms with Crippen molar-refractivity contribution in [1.82, 2.24) is 19.6 Å². The summed E-state index contributed by atoms with van der Waals surface area (Å²) >= 11 is 0. The number of methoxy groups -OCH3 is 1. The van der Waals surface area contributed by atoms with Gasteiger partial charge in [0.25, 0.3) is 0 Å². The van der Waals surface area contributed by atoms with E-state index in [4.69, 9.17) is 9.47 Å². The van der Waals surface area contributed by atoms with E-state index in [1.54, 1.807) is 11.8 Å². The van der Waals surface area contributed by atoms with Gasteiger partial charge in [-0.1, -0.05) is 0 Å². The Hall–Kier alpha value is -1.60. The van der Waals surface area contributed by atoms with E-state index in [1.807, 2.05) is 25.8 Å². The zero-order chi connectivity index (χ0) is 17.3. The third-order valence-corrected chi connectivity index (χ3v) is 5.04. The van der Waals surface area contributed by atoms with Gasteiger partial charge in [0.15, 0.2) is 0 Å². The standard InChI is InChI=1S/C17H28N4O3/c1-12-10-21(8-9-24-12)15(22)11-20-7-5-6-14(20)16-13(2)18-19(3)17(16)23-4/h12,14H,5-11H2,1-4H3/t12-,14-/m0/s1. The Morgan fingerprint density at radius 1 is 1.42 bits per heavy atom. The van der Waals surface area contributed by atoms with Crippen LogP contribution in [0.1, 0.15) is 37.1 Å². The molecule has 0 aromatic carbocycles. The van der Waals surface area contributed by atoms with Crippen LogP contribution >= 0.6 is 0 Å². The molecular weight excluding hydrogens is 308 g/mol. The second-order valence-corrected chi connectivity index (χ2v) is 6.78. The molecule has 0 bridgehead atoms. The van der Waals surface area contributed by atoms with Crippen molar-refractivity contribution < 1.29 is 14.3 Å². The highest BCUT2D eigenvalue weighted by Crippen LogP contribution is 2.38. The molecule has 3 rings (SSSR count). The maximum Gasteiger partial charge on any atom is 0.236 e. The zero-order valence-electron chi connectivity index (χ0n) is 15.1. The Morgan fingerprint density at radius 2 is 2.21 bits per heavy atom. The Balaban J connectivity index is 1.73. The number of carbonyl (C=O) groups excluding carboxylic acids is 1. The topological polar surface area (TPSA) is 59.8 Å². The predicted octanol–water partition coefficient (Wildman–Crippen LogP) is 1.12. The Kier molecular flexibility index (Phi) is 5.10. The summed E-state index contributed by atoms with van der Waals surface area (Å²) in [4.78, 5) is 16.9. The highest BCUT2D eigenvalue weighted by molar-refractivity contribution is 5.78. The summed E-state index contributed by atoms with van der Waals surface area (Å²) in [5.74, 6) is 0.995. The minimum absolute atomic E-state index is 0.123. The molecule has 1 aromatic heterocycles. The van der Waals surface area contributed by atoms with Gasteiger partial charge in [0.05, 0.1) is 37.6 Å². The highest BCUT2D eigenvalue weighted by atomic mass is 16.5. The second-order valence-electron chi connectivity index (χ2n) is 6.78. The molecule has 2 aliphatic heterocycles. The van der Waals surface area contributed by atoms with Crippen LogP contribution in [0.4, 0.5) is 0 Å². The van der Waals surface area contributed by atoms with Crippen LogP contribution in [0.3, 0.4) is 0 Å². The lowest BCUT2D eigenvalue weighted by molar-refractivity contribution is -0.139. The fourth-order valence-corrected chi connectivity index (χ4v) is 3.94. The second kappa shape index (κ2) is 7.11. The highest BCUT2D eigenvalue weighted by Gasteiger charge is 2.34. The molecular formula is C17H28N4O3. The van der Waals surface area contributed by atoms with E-state index in [9.17, 15) is 4.79 Å². The quantitative estimate of drug-likeness (QED) is 0.825. The summed E-state index contributed by atoms with van der Waals surface area (Å²) in [6.45, 7) is 7.43. The van der Waals surface area contributed by atoms with Crippen LogP contribution in [-0.2, 0) is 16.6 Å². The van der Waals surface area contributed by atoms with Crippen LogP contribution in [0.2, 0.25) is 0 Å². The Labute approximate surface area is 143 Å². The molecule has 2 aliphatic rings. The number of amides is 1. The minimum atomic E-state index is 0.123. The maximum atomic E-state index is 12.7. The van der Waals surface area contributed by atoms with Crippen molar-refractivity contribution in [1.29, 1.82) is 0 Å². The van der Waals surface area contributed by atoms with Gasteiger partial charge in [-0.05, 0) is 33.2 Å². The maximum absolute atomic E-state index is 12.7. The summed E-state index contributed by atoms with van der Waals surface area (Å²) in [7, 11) is 3.58. The smallest absolute Gasteiger partial charge is 0.236 e. The average Bonchev–Trinajstić information content (AvgIpc) is 3.10. The molecule has 1 amide bonds. The summed E-state index contributed by atoms with van der Waals surface area (Å²) in [5.41, 5.74) is 2.11. The summed E-state index contributed by atoms with van der Waals surface area (Å²) < 4.78 is 12.9. The van der Waals surface area contributed by atoms with Gasteiger partial charge < -0.3 is 14.4 Å². The molecule has 0 radical (unpaired) electrons. The van der Waals surface area contributed by atoms with E-state index in [0.29, 0.717) is 26.2 Å². The molecule has 2 atom stereocenters. The molecule has 2 fully saturated rings. The van der Waals surface area contributed by atoms with Gasteiger partial charge in [-0.25, -0.2) is 4.68 Å². The van der Waals surface area contributed by atoms with Gasteiger partial charge in [0.2, 0.25) is 11.8 Å². The third kappa shape index (κ3) is 3.28. The number of carbonyl (C=O) groups is 1. The first-order valence-electron chi connectivity index (χ1n) is 8.72.